The van der Waals surface area contributed by atoms with Crippen LogP contribution in [0.1, 0.15) is 23.7 Å². The van der Waals surface area contributed by atoms with Crippen LogP contribution in [-0.4, -0.2) is 20.1 Å². The van der Waals surface area contributed by atoms with Crippen molar-refractivity contribution in [2.24, 2.45) is 0 Å². The summed E-state index contributed by atoms with van der Waals surface area (Å²) in [6, 6.07) is 5.45. The van der Waals surface area contributed by atoms with Gasteiger partial charge in [-0.05, 0) is 30.7 Å². The fourth-order valence-electron chi connectivity index (χ4n) is 1.20. The van der Waals surface area contributed by atoms with Gasteiger partial charge in [0.05, 0.1) is 10.6 Å². The van der Waals surface area contributed by atoms with Crippen molar-refractivity contribution in [1.82, 2.24) is 5.73 Å². The summed E-state index contributed by atoms with van der Waals surface area (Å²) in [7, 11) is -3.23. The smallest absolute Gasteiger partial charge is 0.267 e. The second kappa shape index (κ2) is 4.44. The van der Waals surface area contributed by atoms with Crippen LogP contribution >= 0.6 is 0 Å². The first kappa shape index (κ1) is 11.7. The molecule has 4 nitrogen and oxygen atoms in total. The van der Waals surface area contributed by atoms with Gasteiger partial charge in [-0.1, -0.05) is 6.92 Å². The number of nitrogens with one attached hydrogen (secondary N) is 1. The Hall–Kier alpha value is -1.36. The minimum atomic E-state index is -3.23. The number of carbonyl (C=O) groups is 1. The van der Waals surface area contributed by atoms with Gasteiger partial charge in [-0.15, -0.1) is 0 Å². The Bertz CT molecular complexity index is 448. The highest BCUT2D eigenvalue weighted by Gasteiger charge is 2.13. The summed E-state index contributed by atoms with van der Waals surface area (Å²) in [5.74, 6) is -0.712. The number of sulfone groups is 1. The van der Waals surface area contributed by atoms with Gasteiger partial charge in [-0.25, -0.2) is 8.42 Å². The summed E-state index contributed by atoms with van der Waals surface area (Å²) in [4.78, 5) is 10.9. The first-order chi connectivity index (χ1) is 6.97. The summed E-state index contributed by atoms with van der Waals surface area (Å²) < 4.78 is 23.2. The van der Waals surface area contributed by atoms with Crippen LogP contribution in [0.15, 0.2) is 29.2 Å². The lowest BCUT2D eigenvalue weighted by Gasteiger charge is -2.02. The second-order valence-corrected chi connectivity index (χ2v) is 5.28. The molecule has 0 unspecified atom stereocenters. The third-order valence-corrected chi connectivity index (χ3v) is 3.88. The molecule has 0 aliphatic carbocycles. The fourth-order valence-corrected chi connectivity index (χ4v) is 2.52. The maximum Gasteiger partial charge on any atom is 0.269 e. The maximum atomic E-state index is 11.6. The predicted molar refractivity (Wildman–Crippen MR) is 56.2 cm³/mol. The number of hydrogen-bond donors (Lipinski definition) is 0. The number of rotatable bonds is 4. The summed E-state index contributed by atoms with van der Waals surface area (Å²) in [6.45, 7) is 1.79. The van der Waals surface area contributed by atoms with Gasteiger partial charge in [0, 0.05) is 5.56 Å². The van der Waals surface area contributed by atoms with Crippen molar-refractivity contribution in [3.8, 4) is 0 Å². The van der Waals surface area contributed by atoms with E-state index in [9.17, 15) is 13.2 Å². The normalized spacial score (nSPS) is 11.3. The van der Waals surface area contributed by atoms with Crippen molar-refractivity contribution in [1.29, 1.82) is 0 Å². The number of hydrogen-bond acceptors (Lipinski definition) is 3. The molecule has 1 amide bonds. The van der Waals surface area contributed by atoms with Crippen LogP contribution in [-0.2, 0) is 9.84 Å². The van der Waals surface area contributed by atoms with Crippen LogP contribution in [0.25, 0.3) is 0 Å². The molecule has 0 spiro atoms. The second-order valence-electron chi connectivity index (χ2n) is 3.17. The summed E-state index contributed by atoms with van der Waals surface area (Å²) in [5.41, 5.74) is 7.04. The van der Waals surface area contributed by atoms with E-state index in [0.717, 1.165) is 0 Å². The van der Waals surface area contributed by atoms with Gasteiger partial charge in [0.1, 0.15) is 0 Å². The van der Waals surface area contributed by atoms with Gasteiger partial charge in [0.2, 0.25) is 0 Å². The van der Waals surface area contributed by atoms with Crippen LogP contribution < -0.4 is 5.73 Å². The Balaban J connectivity index is 3.04. The quantitative estimate of drug-likeness (QED) is 0.776. The van der Waals surface area contributed by atoms with Crippen LogP contribution in [0.2, 0.25) is 0 Å². The van der Waals surface area contributed by atoms with Crippen molar-refractivity contribution in [2.45, 2.75) is 18.2 Å². The van der Waals surface area contributed by atoms with Crippen molar-refractivity contribution in [3.05, 3.63) is 29.8 Å². The van der Waals surface area contributed by atoms with E-state index in [-0.39, 0.29) is 16.2 Å². The van der Waals surface area contributed by atoms with E-state index < -0.39 is 15.7 Å². The molecule has 1 rings (SSSR count). The lowest BCUT2D eigenvalue weighted by molar-refractivity contribution is 0.0992. The van der Waals surface area contributed by atoms with Gasteiger partial charge in [-0.3, -0.25) is 10.5 Å². The van der Waals surface area contributed by atoms with Gasteiger partial charge < -0.3 is 0 Å². The van der Waals surface area contributed by atoms with E-state index in [0.29, 0.717) is 6.42 Å². The summed E-state index contributed by atoms with van der Waals surface area (Å²) >= 11 is 0. The van der Waals surface area contributed by atoms with E-state index >= 15 is 0 Å². The zero-order valence-corrected chi connectivity index (χ0v) is 9.17. The zero-order chi connectivity index (χ0) is 11.5. The highest BCUT2D eigenvalue weighted by Crippen LogP contribution is 2.13. The predicted octanol–water partition coefficient (Wildman–Crippen LogP) is 1.29. The summed E-state index contributed by atoms with van der Waals surface area (Å²) in [5, 5.41) is 0. The third-order valence-electron chi connectivity index (χ3n) is 1.95. The molecule has 0 atom stereocenters. The molecule has 0 aromatic heterocycles. The molecule has 0 saturated carbocycles. The molecule has 1 N–H and O–H groups in total. The molecule has 0 aliphatic rings. The number of carbonyl (C=O) groups excluding carboxylic acids is 1. The van der Waals surface area contributed by atoms with Crippen LogP contribution in [0, 0.1) is 0 Å². The minimum absolute atomic E-state index is 0.0984. The van der Waals surface area contributed by atoms with E-state index in [1.807, 2.05) is 0 Å². The molecule has 1 aromatic carbocycles. The maximum absolute atomic E-state index is 11.6. The Labute approximate surface area is 89.0 Å². The molecule has 0 heterocycles. The Kier molecular flexibility index (Phi) is 3.47. The van der Waals surface area contributed by atoms with Gasteiger partial charge in [0.15, 0.2) is 9.84 Å². The molecule has 0 bridgehead atoms. The topological polar surface area (TPSA) is 75.0 Å². The van der Waals surface area contributed by atoms with Gasteiger partial charge in [-0.2, -0.15) is 0 Å². The Morgan fingerprint density at radius 3 is 2.20 bits per heavy atom. The van der Waals surface area contributed by atoms with Crippen LogP contribution in [0.4, 0.5) is 0 Å². The summed E-state index contributed by atoms with van der Waals surface area (Å²) in [6.07, 6.45) is 0.557. The molecule has 0 saturated heterocycles. The number of amides is 1. The lowest BCUT2D eigenvalue weighted by atomic mass is 10.2. The molecule has 1 aromatic rings. The van der Waals surface area contributed by atoms with E-state index in [4.69, 9.17) is 5.73 Å². The van der Waals surface area contributed by atoms with E-state index in [1.54, 1.807) is 6.92 Å². The molecular weight excluding hydrogens is 214 g/mol. The Morgan fingerprint density at radius 2 is 1.80 bits per heavy atom. The number of benzene rings is 1. The molecule has 15 heavy (non-hydrogen) atoms. The SMILES string of the molecule is CCCS(=O)(=O)c1ccc(C([NH])=O)cc1. The lowest BCUT2D eigenvalue weighted by Crippen LogP contribution is -2.06. The molecule has 81 valence electrons. The third kappa shape index (κ3) is 2.79. The van der Waals surface area contributed by atoms with Crippen LogP contribution in [0.3, 0.4) is 0 Å². The van der Waals surface area contributed by atoms with E-state index in [1.165, 1.54) is 24.3 Å². The average Bonchev–Trinajstić information content (AvgIpc) is 2.18. The first-order valence-electron chi connectivity index (χ1n) is 4.56. The molecule has 0 aliphatic heterocycles. The molecule has 1 radical (unpaired) electrons. The zero-order valence-electron chi connectivity index (χ0n) is 8.36. The van der Waals surface area contributed by atoms with Crippen molar-refractivity contribution in [2.75, 3.05) is 5.75 Å². The van der Waals surface area contributed by atoms with Gasteiger partial charge >= 0.3 is 0 Å². The fraction of sp³-hybridized carbons (Fsp3) is 0.300. The molecule has 5 heteroatoms. The molecular formula is C10H12NO3S. The largest absolute Gasteiger partial charge is 0.269 e. The first-order valence-corrected chi connectivity index (χ1v) is 6.21. The average molecular weight is 226 g/mol. The standard InChI is InChI=1S/C10H12NO3S/c1-2-7-15(13,14)9-5-3-8(4-6-9)10(11)12/h3-6,11H,2,7H2,1H3. The van der Waals surface area contributed by atoms with E-state index in [2.05, 4.69) is 0 Å². The minimum Gasteiger partial charge on any atom is -0.267 e. The van der Waals surface area contributed by atoms with Gasteiger partial charge in [0.25, 0.3) is 5.91 Å². The molecule has 0 fully saturated rings. The van der Waals surface area contributed by atoms with Crippen molar-refractivity contribution >= 4 is 15.7 Å². The van der Waals surface area contributed by atoms with Crippen molar-refractivity contribution < 1.29 is 13.2 Å². The van der Waals surface area contributed by atoms with Crippen LogP contribution in [0.5, 0.6) is 0 Å². The van der Waals surface area contributed by atoms with Crippen molar-refractivity contribution in [3.63, 3.8) is 0 Å². The monoisotopic (exact) mass is 226 g/mol. The Morgan fingerprint density at radius 1 is 1.27 bits per heavy atom. The highest BCUT2D eigenvalue weighted by atomic mass is 32.2. The highest BCUT2D eigenvalue weighted by molar-refractivity contribution is 7.91.